The van der Waals surface area contributed by atoms with Gasteiger partial charge in [0.25, 0.3) is 0 Å². The molecule has 0 atom stereocenters. The number of hydrogen-bond acceptors (Lipinski definition) is 3. The van der Waals surface area contributed by atoms with Gasteiger partial charge in [-0.1, -0.05) is 0 Å². The summed E-state index contributed by atoms with van der Waals surface area (Å²) in [6, 6.07) is 0. The van der Waals surface area contributed by atoms with Gasteiger partial charge in [0.2, 0.25) is 0 Å². The van der Waals surface area contributed by atoms with Gasteiger partial charge in [0.1, 0.15) is 0 Å². The Labute approximate surface area is 82.2 Å². The molecule has 0 rings (SSSR count). The number of rotatable bonds is 0. The summed E-state index contributed by atoms with van der Waals surface area (Å²) in [5.41, 5.74) is 0. The Balaban J connectivity index is -0.000000155. The van der Waals surface area contributed by atoms with Gasteiger partial charge in [-0.05, 0) is 0 Å². The lowest BCUT2D eigenvalue weighted by Crippen LogP contribution is -2.03. The first-order chi connectivity index (χ1) is 6.59. The molecule has 0 aliphatic rings. The summed E-state index contributed by atoms with van der Waals surface area (Å²) in [6.07, 6.45) is 0. The zero-order valence-corrected chi connectivity index (χ0v) is 7.65. The summed E-state index contributed by atoms with van der Waals surface area (Å²) >= 11 is 0. The van der Waals surface area contributed by atoms with Crippen molar-refractivity contribution < 1.29 is 40.2 Å². The lowest BCUT2D eigenvalue weighted by atomic mass is 10.5. The Bertz CT molecular complexity index is 154. The van der Waals surface area contributed by atoms with Crippen LogP contribution in [0.15, 0.2) is 0 Å². The van der Waals surface area contributed by atoms with E-state index in [1.54, 1.807) is 0 Å². The van der Waals surface area contributed by atoms with E-state index in [9.17, 15) is 35.5 Å². The average molecular weight is 238 g/mol. The van der Waals surface area contributed by atoms with Crippen molar-refractivity contribution in [2.45, 2.75) is 13.8 Å². The Hall–Kier alpha value is -1.15. The van der Waals surface area contributed by atoms with E-state index in [0.717, 1.165) is 0 Å². The fraction of sp³-hybridized carbons (Fsp3) is 0.500. The van der Waals surface area contributed by atoms with Gasteiger partial charge in [0.05, 0.1) is 0 Å². The zero-order valence-electron chi connectivity index (χ0n) is 7.65. The number of carbonyl (C=O) groups is 2. The summed E-state index contributed by atoms with van der Waals surface area (Å²) < 4.78 is 62.0. The molecule has 0 amide bonds. The van der Waals surface area contributed by atoms with E-state index < -0.39 is 27.0 Å². The Morgan fingerprint density at radius 2 is 0.933 bits per heavy atom. The minimum Gasteiger partial charge on any atom is -0.394 e. The van der Waals surface area contributed by atoms with Crippen LogP contribution in [0.5, 0.6) is 0 Å². The molecule has 0 aromatic carbocycles. The van der Waals surface area contributed by atoms with Crippen LogP contribution in [-0.2, 0) is 14.3 Å². The van der Waals surface area contributed by atoms with Gasteiger partial charge in [-0.2, -0.15) is 0 Å². The van der Waals surface area contributed by atoms with Crippen LogP contribution in [0.4, 0.5) is 25.9 Å². The molecule has 11 heteroatoms. The summed E-state index contributed by atoms with van der Waals surface area (Å²) in [6.45, 7) is 2.36. The molecule has 0 bridgehead atoms. The molecular weight excluding hydrogens is 232 g/mol. The highest BCUT2D eigenvalue weighted by atomic mass is 19.4. The highest BCUT2D eigenvalue weighted by molar-refractivity contribution is 6.33. The van der Waals surface area contributed by atoms with E-state index >= 15 is 0 Å². The van der Waals surface area contributed by atoms with Crippen LogP contribution in [0.1, 0.15) is 13.8 Å². The molecule has 0 saturated heterocycles. The van der Waals surface area contributed by atoms with Gasteiger partial charge in [-0.15, -0.1) is 0 Å². The summed E-state index contributed by atoms with van der Waals surface area (Å²) in [5, 5.41) is 0. The molecule has 3 nitrogen and oxygen atoms in total. The van der Waals surface area contributed by atoms with E-state index in [0.29, 0.717) is 0 Å². The van der Waals surface area contributed by atoms with Gasteiger partial charge in [0.15, 0.2) is 0 Å². The molecule has 0 aliphatic carbocycles. The summed E-state index contributed by atoms with van der Waals surface area (Å²) in [4.78, 5) is 19.6. The Morgan fingerprint density at radius 1 is 0.800 bits per heavy atom. The SMILES string of the molecule is CC(=O)OC(C)=O.FB(F)F.FB(F)F. The second kappa shape index (κ2) is 12.8. The molecule has 0 radical (unpaired) electrons. The van der Waals surface area contributed by atoms with Gasteiger partial charge >= 0.3 is 27.0 Å². The number of esters is 2. The van der Waals surface area contributed by atoms with Crippen molar-refractivity contribution in [3.63, 3.8) is 0 Å². The van der Waals surface area contributed by atoms with E-state index in [4.69, 9.17) is 0 Å². The van der Waals surface area contributed by atoms with Crippen LogP contribution in [0.3, 0.4) is 0 Å². The van der Waals surface area contributed by atoms with Crippen LogP contribution < -0.4 is 0 Å². The maximum Gasteiger partial charge on any atom is 0.762 e. The minimum atomic E-state index is -3.67. The van der Waals surface area contributed by atoms with Crippen molar-refractivity contribution in [1.29, 1.82) is 0 Å². The molecule has 88 valence electrons. The average Bonchev–Trinajstić information content (AvgIpc) is 1.78. The predicted molar refractivity (Wildman–Crippen MR) is 40.6 cm³/mol. The normalized spacial score (nSPS) is 7.20. The second-order valence-corrected chi connectivity index (χ2v) is 1.58. The third-order valence-corrected chi connectivity index (χ3v) is 0.287. The fourth-order valence-corrected chi connectivity index (χ4v) is 0.202. The summed E-state index contributed by atoms with van der Waals surface area (Å²) in [5.74, 6) is -1.12. The van der Waals surface area contributed by atoms with Crippen molar-refractivity contribution in [1.82, 2.24) is 0 Å². The van der Waals surface area contributed by atoms with Gasteiger partial charge in [-0.3, -0.25) is 35.5 Å². The maximum atomic E-state index is 9.81. The molecule has 15 heavy (non-hydrogen) atoms. The molecule has 0 spiro atoms. The maximum absolute atomic E-state index is 9.81. The highest BCUT2D eigenvalue weighted by Gasteiger charge is 2.06. The van der Waals surface area contributed by atoms with Crippen LogP contribution in [0.2, 0.25) is 0 Å². The molecule has 0 aliphatic heterocycles. The summed E-state index contributed by atoms with van der Waals surface area (Å²) in [7, 11) is -7.33. The van der Waals surface area contributed by atoms with E-state index in [2.05, 4.69) is 4.74 Å². The standard InChI is InChI=1S/C4H6O3.2BF3/c1-3(5)7-4(2)6;2*2-1(3)4/h1-2H3;;. The monoisotopic (exact) mass is 238 g/mol. The molecule has 0 saturated carbocycles. The lowest BCUT2D eigenvalue weighted by molar-refractivity contribution is -0.156. The molecule has 0 heterocycles. The lowest BCUT2D eigenvalue weighted by Gasteiger charge is -1.87. The van der Waals surface area contributed by atoms with Crippen LogP contribution in [-0.4, -0.2) is 27.0 Å². The predicted octanol–water partition coefficient (Wildman–Crippen LogP) is 1.86. The van der Waals surface area contributed by atoms with E-state index in [-0.39, 0.29) is 0 Å². The van der Waals surface area contributed by atoms with Crippen molar-refractivity contribution in [3.05, 3.63) is 0 Å². The van der Waals surface area contributed by atoms with Gasteiger partial charge in [-0.25, -0.2) is 0 Å². The van der Waals surface area contributed by atoms with Crippen molar-refractivity contribution in [2.24, 2.45) is 0 Å². The number of carbonyl (C=O) groups excluding carboxylic acids is 2. The quantitative estimate of drug-likeness (QED) is 0.280. The zero-order chi connectivity index (χ0) is 13.0. The first kappa shape index (κ1) is 19.4. The number of halogens is 6. The Morgan fingerprint density at radius 3 is 0.933 bits per heavy atom. The van der Waals surface area contributed by atoms with Crippen LogP contribution in [0, 0.1) is 0 Å². The molecule has 0 unspecified atom stereocenters. The van der Waals surface area contributed by atoms with E-state index in [1.165, 1.54) is 13.8 Å². The fourth-order valence-electron chi connectivity index (χ4n) is 0.202. The first-order valence-electron chi connectivity index (χ1n) is 3.13. The second-order valence-electron chi connectivity index (χ2n) is 1.58. The van der Waals surface area contributed by atoms with Gasteiger partial charge < -0.3 is 4.74 Å². The highest BCUT2D eigenvalue weighted by Crippen LogP contribution is 1.80. The van der Waals surface area contributed by atoms with Gasteiger partial charge in [0, 0.05) is 13.8 Å². The molecular formula is C4H6B2F6O3. The van der Waals surface area contributed by atoms with Crippen molar-refractivity contribution >= 4 is 27.0 Å². The largest absolute Gasteiger partial charge is 0.762 e. The number of hydrogen-bond donors (Lipinski definition) is 0. The topological polar surface area (TPSA) is 43.4 Å². The van der Waals surface area contributed by atoms with Crippen molar-refractivity contribution in [2.75, 3.05) is 0 Å². The van der Waals surface area contributed by atoms with Crippen LogP contribution >= 0.6 is 0 Å². The van der Waals surface area contributed by atoms with Crippen molar-refractivity contribution in [3.8, 4) is 0 Å². The van der Waals surface area contributed by atoms with E-state index in [1.807, 2.05) is 0 Å². The number of ether oxygens (including phenoxy) is 1. The molecule has 0 aromatic rings. The van der Waals surface area contributed by atoms with Crippen LogP contribution in [0.25, 0.3) is 0 Å². The molecule has 0 aromatic heterocycles. The first-order valence-corrected chi connectivity index (χ1v) is 3.13. The Kier molecular flexibility index (Phi) is 16.6. The molecule has 0 N–H and O–H groups in total. The minimum absolute atomic E-state index is 0.562. The molecule has 0 fully saturated rings. The third-order valence-electron chi connectivity index (χ3n) is 0.287. The third kappa shape index (κ3) is 186. The smallest absolute Gasteiger partial charge is 0.394 e.